The van der Waals surface area contributed by atoms with Gasteiger partial charge in [0.2, 0.25) is 5.91 Å². The number of amides is 1. The summed E-state index contributed by atoms with van der Waals surface area (Å²) in [7, 11) is 1.61. The summed E-state index contributed by atoms with van der Waals surface area (Å²) in [6, 6.07) is 7.87. The van der Waals surface area contributed by atoms with E-state index in [0.29, 0.717) is 12.2 Å². The Kier molecular flexibility index (Phi) is 5.41. The van der Waals surface area contributed by atoms with E-state index in [-0.39, 0.29) is 11.9 Å². The summed E-state index contributed by atoms with van der Waals surface area (Å²) in [6.07, 6.45) is 9.97. The zero-order valence-corrected chi connectivity index (χ0v) is 14.0. The molecule has 1 atom stereocenters. The minimum atomic E-state index is 0.136. The molecule has 5 heteroatoms. The number of nitrogens with zero attached hydrogens (tertiary/aromatic N) is 3. The molecule has 1 aliphatic rings. The number of carbonyl (C=O) groups is 1. The van der Waals surface area contributed by atoms with Crippen molar-refractivity contribution >= 4 is 5.91 Å². The molecule has 126 valence electrons. The van der Waals surface area contributed by atoms with E-state index in [0.717, 1.165) is 31.5 Å². The highest BCUT2D eigenvalue weighted by Crippen LogP contribution is 2.30. The number of hydrogen-bond donors (Lipinski definition) is 0. The number of ether oxygens (including phenoxy) is 1. The van der Waals surface area contributed by atoms with Crippen molar-refractivity contribution in [1.29, 1.82) is 0 Å². The van der Waals surface area contributed by atoms with Gasteiger partial charge in [-0.1, -0.05) is 12.8 Å². The quantitative estimate of drug-likeness (QED) is 0.866. The van der Waals surface area contributed by atoms with Gasteiger partial charge in [-0.15, -0.1) is 0 Å². The average Bonchev–Trinajstić information content (AvgIpc) is 2.89. The van der Waals surface area contributed by atoms with Crippen LogP contribution in [0.25, 0.3) is 0 Å². The van der Waals surface area contributed by atoms with E-state index in [4.69, 9.17) is 4.74 Å². The van der Waals surface area contributed by atoms with Gasteiger partial charge >= 0.3 is 0 Å². The minimum absolute atomic E-state index is 0.136. The lowest BCUT2D eigenvalue weighted by Gasteiger charge is -2.30. The van der Waals surface area contributed by atoms with Crippen LogP contribution in [-0.4, -0.2) is 34.4 Å². The molecule has 1 unspecified atom stereocenters. The van der Waals surface area contributed by atoms with Crippen molar-refractivity contribution in [3.63, 3.8) is 0 Å². The zero-order valence-electron chi connectivity index (χ0n) is 14.0. The maximum Gasteiger partial charge on any atom is 0.229 e. The van der Waals surface area contributed by atoms with Crippen LogP contribution in [0.4, 0.5) is 0 Å². The van der Waals surface area contributed by atoms with E-state index in [1.54, 1.807) is 25.7 Å². The second-order valence-electron chi connectivity index (χ2n) is 6.10. The molecule has 0 aromatic carbocycles. The Bertz CT molecular complexity index is 658. The van der Waals surface area contributed by atoms with Crippen molar-refractivity contribution < 1.29 is 9.53 Å². The Morgan fingerprint density at radius 1 is 1.21 bits per heavy atom. The van der Waals surface area contributed by atoms with Gasteiger partial charge in [0.05, 0.1) is 25.8 Å². The molecule has 24 heavy (non-hydrogen) atoms. The SMILES string of the molecule is COc1ccc(CC(=O)N2CCCCCC2c2ccncc2)nc1. The molecule has 0 radical (unpaired) electrons. The van der Waals surface area contributed by atoms with Gasteiger partial charge in [0.25, 0.3) is 0 Å². The van der Waals surface area contributed by atoms with Crippen LogP contribution in [0, 0.1) is 0 Å². The van der Waals surface area contributed by atoms with E-state index in [1.807, 2.05) is 29.2 Å². The molecule has 1 saturated heterocycles. The Labute approximate surface area is 142 Å². The standard InChI is InChI=1S/C19H23N3O2/c1-24-17-7-6-16(21-14-17)13-19(23)22-12-4-2-3-5-18(22)15-8-10-20-11-9-15/h6-11,14,18H,2-5,12-13H2,1H3. The summed E-state index contributed by atoms with van der Waals surface area (Å²) in [4.78, 5) is 23.3. The second-order valence-corrected chi connectivity index (χ2v) is 6.10. The maximum atomic E-state index is 12.9. The van der Waals surface area contributed by atoms with Gasteiger partial charge in [-0.25, -0.2) is 0 Å². The molecule has 3 rings (SSSR count). The molecular weight excluding hydrogens is 302 g/mol. The Balaban J connectivity index is 1.76. The fourth-order valence-electron chi connectivity index (χ4n) is 3.23. The lowest BCUT2D eigenvalue weighted by molar-refractivity contribution is -0.133. The molecule has 0 bridgehead atoms. The molecule has 0 N–H and O–H groups in total. The summed E-state index contributed by atoms with van der Waals surface area (Å²) in [5.74, 6) is 0.840. The summed E-state index contributed by atoms with van der Waals surface area (Å²) in [6.45, 7) is 0.808. The first-order valence-corrected chi connectivity index (χ1v) is 8.46. The topological polar surface area (TPSA) is 55.3 Å². The first-order valence-electron chi connectivity index (χ1n) is 8.46. The van der Waals surface area contributed by atoms with Crippen LogP contribution in [0.5, 0.6) is 5.75 Å². The summed E-state index contributed by atoms with van der Waals surface area (Å²) in [5, 5.41) is 0. The van der Waals surface area contributed by atoms with Gasteiger partial charge in [0, 0.05) is 24.6 Å². The maximum absolute atomic E-state index is 12.9. The third-order valence-corrected chi connectivity index (χ3v) is 4.53. The molecular formula is C19H23N3O2. The number of methoxy groups -OCH3 is 1. The zero-order chi connectivity index (χ0) is 16.8. The van der Waals surface area contributed by atoms with Crippen LogP contribution in [0.2, 0.25) is 0 Å². The average molecular weight is 325 g/mol. The van der Waals surface area contributed by atoms with E-state index >= 15 is 0 Å². The molecule has 2 aromatic heterocycles. The molecule has 1 fully saturated rings. The van der Waals surface area contributed by atoms with Gasteiger partial charge in [-0.2, -0.15) is 0 Å². The van der Waals surface area contributed by atoms with E-state index in [2.05, 4.69) is 9.97 Å². The third-order valence-electron chi connectivity index (χ3n) is 4.53. The predicted octanol–water partition coefficient (Wildman–Crippen LogP) is 3.17. The molecule has 0 spiro atoms. The van der Waals surface area contributed by atoms with Crippen LogP contribution in [-0.2, 0) is 11.2 Å². The number of carbonyl (C=O) groups excluding carboxylic acids is 1. The second kappa shape index (κ2) is 7.90. The van der Waals surface area contributed by atoms with Gasteiger partial charge in [0.15, 0.2) is 0 Å². The lowest BCUT2D eigenvalue weighted by Crippen LogP contribution is -2.36. The first kappa shape index (κ1) is 16.4. The smallest absolute Gasteiger partial charge is 0.229 e. The highest BCUT2D eigenvalue weighted by Gasteiger charge is 2.26. The highest BCUT2D eigenvalue weighted by atomic mass is 16.5. The molecule has 2 aromatic rings. The molecule has 1 aliphatic heterocycles. The fraction of sp³-hybridized carbons (Fsp3) is 0.421. The first-order chi connectivity index (χ1) is 11.8. The lowest BCUT2D eigenvalue weighted by atomic mass is 10.0. The number of hydrogen-bond acceptors (Lipinski definition) is 4. The van der Waals surface area contributed by atoms with Gasteiger partial charge < -0.3 is 9.64 Å². The molecule has 0 saturated carbocycles. The van der Waals surface area contributed by atoms with Crippen molar-refractivity contribution in [2.45, 2.75) is 38.1 Å². The van der Waals surface area contributed by atoms with E-state index in [1.165, 1.54) is 12.0 Å². The fourth-order valence-corrected chi connectivity index (χ4v) is 3.23. The van der Waals surface area contributed by atoms with Crippen molar-refractivity contribution in [2.75, 3.05) is 13.7 Å². The molecule has 5 nitrogen and oxygen atoms in total. The highest BCUT2D eigenvalue weighted by molar-refractivity contribution is 5.79. The van der Waals surface area contributed by atoms with Crippen LogP contribution < -0.4 is 4.74 Å². The summed E-state index contributed by atoms with van der Waals surface area (Å²) < 4.78 is 5.12. The van der Waals surface area contributed by atoms with Crippen LogP contribution in [0.3, 0.4) is 0 Å². The monoisotopic (exact) mass is 325 g/mol. The van der Waals surface area contributed by atoms with E-state index < -0.39 is 0 Å². The van der Waals surface area contributed by atoms with E-state index in [9.17, 15) is 4.79 Å². The van der Waals surface area contributed by atoms with Crippen LogP contribution >= 0.6 is 0 Å². The minimum Gasteiger partial charge on any atom is -0.495 e. The Morgan fingerprint density at radius 3 is 2.75 bits per heavy atom. The normalized spacial score (nSPS) is 18.0. The number of rotatable bonds is 4. The van der Waals surface area contributed by atoms with Gasteiger partial charge in [0.1, 0.15) is 5.75 Å². The number of likely N-dealkylation sites (tertiary alicyclic amines) is 1. The predicted molar refractivity (Wildman–Crippen MR) is 91.7 cm³/mol. The van der Waals surface area contributed by atoms with Gasteiger partial charge in [-0.3, -0.25) is 14.8 Å². The number of pyridine rings is 2. The van der Waals surface area contributed by atoms with Crippen molar-refractivity contribution in [2.24, 2.45) is 0 Å². The van der Waals surface area contributed by atoms with Crippen molar-refractivity contribution in [3.8, 4) is 5.75 Å². The Hall–Kier alpha value is -2.43. The number of aromatic nitrogens is 2. The van der Waals surface area contributed by atoms with Crippen molar-refractivity contribution in [3.05, 3.63) is 54.1 Å². The van der Waals surface area contributed by atoms with Crippen molar-refractivity contribution in [1.82, 2.24) is 14.9 Å². The third kappa shape index (κ3) is 3.91. The molecule has 3 heterocycles. The summed E-state index contributed by atoms with van der Waals surface area (Å²) in [5.41, 5.74) is 1.95. The van der Waals surface area contributed by atoms with Crippen LogP contribution in [0.1, 0.15) is 43.0 Å². The summed E-state index contributed by atoms with van der Waals surface area (Å²) >= 11 is 0. The molecule has 1 amide bonds. The Morgan fingerprint density at radius 2 is 2.04 bits per heavy atom. The largest absolute Gasteiger partial charge is 0.495 e. The molecule has 0 aliphatic carbocycles. The van der Waals surface area contributed by atoms with Gasteiger partial charge in [-0.05, 0) is 42.7 Å². The van der Waals surface area contributed by atoms with Crippen LogP contribution in [0.15, 0.2) is 42.9 Å².